The van der Waals surface area contributed by atoms with Crippen LogP contribution >= 0.6 is 0 Å². The number of hydrogen-bond donors (Lipinski definition) is 3. The zero-order valence-electron chi connectivity index (χ0n) is 1.73. The molecule has 4 heavy (non-hydrogen) atoms. The second-order valence-electron chi connectivity index (χ2n) is 0. The molecule has 4 heteroatoms. The number of rotatable bonds is 0. The Morgan fingerprint density at radius 3 is 1.25 bits per heavy atom. The molecular weight excluding hydrogens is 181 g/mol. The van der Waals surface area contributed by atoms with Crippen LogP contribution in [-0.4, -0.2) is 54.1 Å². The zero-order chi connectivity index (χ0) is 2.00. The van der Waals surface area contributed by atoms with E-state index in [2.05, 4.69) is 5.90 Å². The standard InChI is InChI=1S/Ba.H3NO.H3N.2H/c;1-2;;;/h;2H,1H2;1H3;;. The maximum atomic E-state index is 6.50. The van der Waals surface area contributed by atoms with Gasteiger partial charge in [-0.1, -0.05) is 0 Å². The van der Waals surface area contributed by atoms with E-state index in [1.807, 2.05) is 0 Å². The first-order valence-electron chi connectivity index (χ1n) is 0.258. The first kappa shape index (κ1) is 18.0. The molecule has 26 valence electrons. The summed E-state index contributed by atoms with van der Waals surface area (Å²) in [6.45, 7) is 0. The molecule has 0 aliphatic carbocycles. The van der Waals surface area contributed by atoms with Crippen molar-refractivity contribution in [3.8, 4) is 0 Å². The van der Waals surface area contributed by atoms with Crippen molar-refractivity contribution < 1.29 is 5.21 Å². The fourth-order valence-electron chi connectivity index (χ4n) is 0. The summed E-state index contributed by atoms with van der Waals surface area (Å²) < 4.78 is 0. The Labute approximate surface area is 65.2 Å². The van der Waals surface area contributed by atoms with Gasteiger partial charge >= 0.3 is 48.9 Å². The molecule has 0 spiro atoms. The molecule has 0 heterocycles. The molecule has 0 unspecified atom stereocenters. The summed E-state index contributed by atoms with van der Waals surface area (Å²) in [6.07, 6.45) is 0. The van der Waals surface area contributed by atoms with Gasteiger partial charge in [-0.15, -0.1) is 0 Å². The van der Waals surface area contributed by atoms with E-state index in [0.717, 1.165) is 0 Å². The van der Waals surface area contributed by atoms with Crippen LogP contribution in [0, 0.1) is 0 Å². The second kappa shape index (κ2) is 25.2. The van der Waals surface area contributed by atoms with E-state index in [9.17, 15) is 0 Å². The van der Waals surface area contributed by atoms with Crippen LogP contribution in [0.5, 0.6) is 0 Å². The number of nitrogens with two attached hydrogens (primary N) is 1. The average Bonchev–Trinajstić information content (AvgIpc) is 1.00. The predicted molar refractivity (Wildman–Crippen MR) is 19.5 cm³/mol. The van der Waals surface area contributed by atoms with Crippen molar-refractivity contribution in [3.63, 3.8) is 0 Å². The minimum atomic E-state index is 0. The van der Waals surface area contributed by atoms with Crippen molar-refractivity contribution in [3.05, 3.63) is 0 Å². The second-order valence-corrected chi connectivity index (χ2v) is 0. The third kappa shape index (κ3) is 9.85. The first-order valence-corrected chi connectivity index (χ1v) is 0.258. The fraction of sp³-hybridized carbons (Fsp3) is 0. The van der Waals surface area contributed by atoms with Crippen molar-refractivity contribution in [2.24, 2.45) is 5.90 Å². The van der Waals surface area contributed by atoms with Gasteiger partial charge in [0.15, 0.2) is 0 Å². The maximum absolute atomic E-state index is 6.50. The quantitative estimate of drug-likeness (QED) is 0.323. The molecule has 0 bridgehead atoms. The summed E-state index contributed by atoms with van der Waals surface area (Å²) in [7, 11) is 0. The molecule has 0 rings (SSSR count). The van der Waals surface area contributed by atoms with Gasteiger partial charge in [-0.05, 0) is 0 Å². The van der Waals surface area contributed by atoms with Crippen molar-refractivity contribution in [1.29, 1.82) is 0 Å². The fourth-order valence-corrected chi connectivity index (χ4v) is 0. The Morgan fingerprint density at radius 2 is 1.25 bits per heavy atom. The van der Waals surface area contributed by atoms with E-state index in [0.29, 0.717) is 0 Å². The third-order valence-corrected chi connectivity index (χ3v) is 0. The Kier molecular flexibility index (Phi) is 113. The Bertz CT molecular complexity index is 6.00. The topological polar surface area (TPSA) is 81.2 Å². The molecule has 0 fully saturated rings. The third-order valence-electron chi connectivity index (χ3n) is 0. The molecule has 0 aromatic rings. The molecule has 0 atom stereocenters. The molecule has 0 aliphatic rings. The number of hydrogen-bond acceptors (Lipinski definition) is 3. The van der Waals surface area contributed by atoms with Gasteiger partial charge < -0.3 is 11.4 Å². The zero-order valence-corrected chi connectivity index (χ0v) is 1.73. The van der Waals surface area contributed by atoms with Crippen molar-refractivity contribution >= 4 is 48.9 Å². The van der Waals surface area contributed by atoms with Gasteiger partial charge in [-0.25, -0.2) is 5.90 Å². The molecular formula is H8BaN2O. The van der Waals surface area contributed by atoms with Crippen LogP contribution in [0.25, 0.3) is 0 Å². The summed E-state index contributed by atoms with van der Waals surface area (Å²) in [6, 6.07) is 0. The van der Waals surface area contributed by atoms with Crippen molar-refractivity contribution in [2.75, 3.05) is 0 Å². The molecule has 0 radical (unpaired) electrons. The van der Waals surface area contributed by atoms with Crippen molar-refractivity contribution in [2.45, 2.75) is 0 Å². The average molecular weight is 189 g/mol. The summed E-state index contributed by atoms with van der Waals surface area (Å²) in [5.41, 5.74) is 0. The Balaban J connectivity index is -0.00000000500. The van der Waals surface area contributed by atoms with Crippen LogP contribution in [0.3, 0.4) is 0 Å². The molecule has 0 saturated carbocycles. The van der Waals surface area contributed by atoms with E-state index in [4.69, 9.17) is 5.21 Å². The molecule has 0 aromatic carbocycles. The molecule has 0 saturated heterocycles. The normalized spacial score (nSPS) is 1.50. The molecule has 0 aromatic heterocycles. The van der Waals surface area contributed by atoms with Gasteiger partial charge in [0, 0.05) is 0 Å². The van der Waals surface area contributed by atoms with Gasteiger partial charge in [-0.2, -0.15) is 0 Å². The molecule has 0 amide bonds. The summed E-state index contributed by atoms with van der Waals surface area (Å²) in [5.74, 6) is 3.50. The SMILES string of the molecule is N.NO.[BaH2]. The Hall–Kier alpha value is 1.45. The predicted octanol–water partition coefficient (Wildman–Crippen LogP) is -1.42. The molecule has 3 nitrogen and oxygen atoms in total. The molecule has 6 N–H and O–H groups in total. The van der Waals surface area contributed by atoms with Crippen LogP contribution in [0.2, 0.25) is 0 Å². The Morgan fingerprint density at radius 1 is 1.25 bits per heavy atom. The summed E-state index contributed by atoms with van der Waals surface area (Å²) in [5, 5.41) is 6.50. The minimum absolute atomic E-state index is 0. The van der Waals surface area contributed by atoms with Gasteiger partial charge in [0.25, 0.3) is 0 Å². The van der Waals surface area contributed by atoms with E-state index in [1.165, 1.54) is 0 Å². The van der Waals surface area contributed by atoms with Gasteiger partial charge in [0.05, 0.1) is 0 Å². The van der Waals surface area contributed by atoms with E-state index >= 15 is 0 Å². The van der Waals surface area contributed by atoms with Crippen LogP contribution in [0.4, 0.5) is 0 Å². The van der Waals surface area contributed by atoms with E-state index < -0.39 is 0 Å². The van der Waals surface area contributed by atoms with Gasteiger partial charge in [0.2, 0.25) is 0 Å². The van der Waals surface area contributed by atoms with Crippen molar-refractivity contribution in [1.82, 2.24) is 6.15 Å². The monoisotopic (exact) mass is 190 g/mol. The van der Waals surface area contributed by atoms with Crippen LogP contribution < -0.4 is 12.0 Å². The summed E-state index contributed by atoms with van der Waals surface area (Å²) in [4.78, 5) is 0. The molecule has 0 aliphatic heterocycles. The van der Waals surface area contributed by atoms with E-state index in [1.54, 1.807) is 0 Å². The summed E-state index contributed by atoms with van der Waals surface area (Å²) >= 11 is 0. The van der Waals surface area contributed by atoms with Crippen LogP contribution in [-0.2, 0) is 0 Å². The van der Waals surface area contributed by atoms with Gasteiger partial charge in [0.1, 0.15) is 0 Å². The van der Waals surface area contributed by atoms with Crippen LogP contribution in [0.15, 0.2) is 0 Å². The van der Waals surface area contributed by atoms with E-state index in [-0.39, 0.29) is 55.0 Å². The van der Waals surface area contributed by atoms with Crippen LogP contribution in [0.1, 0.15) is 0 Å². The van der Waals surface area contributed by atoms with Gasteiger partial charge in [-0.3, -0.25) is 0 Å². The first-order chi connectivity index (χ1) is 1.00.